The van der Waals surface area contributed by atoms with Crippen molar-refractivity contribution < 1.29 is 28.1 Å². The summed E-state index contributed by atoms with van der Waals surface area (Å²) in [6, 6.07) is 16.4. The summed E-state index contributed by atoms with van der Waals surface area (Å²) in [7, 11) is 4.79. The highest BCUT2D eigenvalue weighted by Gasteiger charge is 2.33. The largest absolute Gasteiger partial charge is 0.497 e. The summed E-state index contributed by atoms with van der Waals surface area (Å²) in [5, 5.41) is 0. The third-order valence-corrected chi connectivity index (χ3v) is 5.82. The summed E-state index contributed by atoms with van der Waals surface area (Å²) in [6.07, 6.45) is 0.654. The van der Waals surface area contributed by atoms with Crippen LogP contribution in [0.3, 0.4) is 0 Å². The Morgan fingerprint density at radius 2 is 1.55 bits per heavy atom. The Hall–Kier alpha value is -3.74. The van der Waals surface area contributed by atoms with Gasteiger partial charge in [0.2, 0.25) is 0 Å². The summed E-state index contributed by atoms with van der Waals surface area (Å²) in [5.74, 6) is 2.06. The molecule has 0 N–H and O–H groups in total. The lowest BCUT2D eigenvalue weighted by Gasteiger charge is -2.37. The number of halogens is 1. The van der Waals surface area contributed by atoms with E-state index in [1.165, 1.54) is 24.3 Å². The van der Waals surface area contributed by atoms with Crippen molar-refractivity contribution in [3.63, 3.8) is 0 Å². The van der Waals surface area contributed by atoms with Crippen LogP contribution in [0.4, 0.5) is 4.39 Å². The van der Waals surface area contributed by atoms with Crippen molar-refractivity contribution in [3.8, 4) is 23.0 Å². The molecule has 1 atom stereocenters. The van der Waals surface area contributed by atoms with Gasteiger partial charge in [-0.15, -0.1) is 0 Å². The highest BCUT2D eigenvalue weighted by atomic mass is 19.1. The molecule has 7 heteroatoms. The molecule has 172 valence electrons. The SMILES string of the molecule is COc1ccc(OC[C@@H]2c3cc(OC)c(OC)cc3CCN2C(=O)c2ccc(F)cc2)cc1. The van der Waals surface area contributed by atoms with Crippen LogP contribution >= 0.6 is 0 Å². The number of carbonyl (C=O) groups excluding carboxylic acids is 1. The molecule has 3 aromatic carbocycles. The molecule has 0 aromatic heterocycles. The number of methoxy groups -OCH3 is 3. The summed E-state index contributed by atoms with van der Waals surface area (Å²) >= 11 is 0. The predicted octanol–water partition coefficient (Wildman–Crippen LogP) is 4.67. The lowest BCUT2D eigenvalue weighted by molar-refractivity contribution is 0.0589. The van der Waals surface area contributed by atoms with Gasteiger partial charge >= 0.3 is 0 Å². The number of ether oxygens (including phenoxy) is 4. The number of rotatable bonds is 7. The monoisotopic (exact) mass is 451 g/mol. The van der Waals surface area contributed by atoms with Crippen LogP contribution in [-0.4, -0.2) is 45.3 Å². The van der Waals surface area contributed by atoms with Crippen LogP contribution < -0.4 is 18.9 Å². The van der Waals surface area contributed by atoms with E-state index in [-0.39, 0.29) is 24.4 Å². The average Bonchev–Trinajstić information content (AvgIpc) is 2.86. The number of amides is 1. The number of nitrogens with zero attached hydrogens (tertiary/aromatic N) is 1. The Morgan fingerprint density at radius 3 is 2.18 bits per heavy atom. The summed E-state index contributed by atoms with van der Waals surface area (Å²) < 4.78 is 35.7. The highest BCUT2D eigenvalue weighted by Crippen LogP contribution is 2.39. The van der Waals surface area contributed by atoms with Crippen LogP contribution in [0.1, 0.15) is 27.5 Å². The van der Waals surface area contributed by atoms with Crippen molar-refractivity contribution in [2.24, 2.45) is 0 Å². The fraction of sp³-hybridized carbons (Fsp3) is 0.269. The van der Waals surface area contributed by atoms with Crippen molar-refractivity contribution in [2.75, 3.05) is 34.5 Å². The normalized spacial score (nSPS) is 14.9. The first-order chi connectivity index (χ1) is 16.0. The number of hydrogen-bond donors (Lipinski definition) is 0. The summed E-state index contributed by atoms with van der Waals surface area (Å²) in [6.45, 7) is 0.733. The van der Waals surface area contributed by atoms with Gasteiger partial charge in [-0.25, -0.2) is 4.39 Å². The first kappa shape index (κ1) is 22.5. The molecule has 3 aromatic rings. The average molecular weight is 451 g/mol. The quantitative estimate of drug-likeness (QED) is 0.523. The van der Waals surface area contributed by atoms with E-state index in [0.29, 0.717) is 35.8 Å². The minimum atomic E-state index is -0.383. The second-order valence-electron chi connectivity index (χ2n) is 7.66. The van der Waals surface area contributed by atoms with Gasteiger partial charge in [0.05, 0.1) is 27.4 Å². The van der Waals surface area contributed by atoms with Crippen LogP contribution in [0.25, 0.3) is 0 Å². The van der Waals surface area contributed by atoms with Gasteiger partial charge in [-0.05, 0) is 78.2 Å². The molecule has 1 aliphatic heterocycles. The fourth-order valence-electron chi connectivity index (χ4n) is 4.06. The number of fused-ring (bicyclic) bond motifs is 1. The Kier molecular flexibility index (Phi) is 6.68. The van der Waals surface area contributed by atoms with Gasteiger partial charge in [0.25, 0.3) is 5.91 Å². The van der Waals surface area contributed by atoms with Gasteiger partial charge in [0, 0.05) is 12.1 Å². The molecule has 1 heterocycles. The number of hydrogen-bond acceptors (Lipinski definition) is 5. The first-order valence-corrected chi connectivity index (χ1v) is 10.6. The van der Waals surface area contributed by atoms with E-state index in [4.69, 9.17) is 18.9 Å². The zero-order valence-corrected chi connectivity index (χ0v) is 18.8. The van der Waals surface area contributed by atoms with Crippen LogP contribution in [0.15, 0.2) is 60.7 Å². The van der Waals surface area contributed by atoms with E-state index in [1.54, 1.807) is 26.2 Å². The Balaban J connectivity index is 1.68. The molecule has 0 saturated carbocycles. The molecule has 0 unspecified atom stereocenters. The second kappa shape index (κ2) is 9.81. The Labute approximate surface area is 192 Å². The molecular weight excluding hydrogens is 425 g/mol. The van der Waals surface area contributed by atoms with Gasteiger partial charge in [0.1, 0.15) is 23.9 Å². The number of carbonyl (C=O) groups is 1. The smallest absolute Gasteiger partial charge is 0.254 e. The molecule has 1 aliphatic rings. The molecule has 0 bridgehead atoms. The molecular formula is C26H26FNO5. The second-order valence-corrected chi connectivity index (χ2v) is 7.66. The topological polar surface area (TPSA) is 57.2 Å². The van der Waals surface area contributed by atoms with E-state index in [2.05, 4.69) is 0 Å². The van der Waals surface area contributed by atoms with Crippen LogP contribution in [0, 0.1) is 5.82 Å². The zero-order chi connectivity index (χ0) is 23.4. The van der Waals surface area contributed by atoms with Gasteiger partial charge in [-0.2, -0.15) is 0 Å². The molecule has 6 nitrogen and oxygen atoms in total. The molecule has 1 amide bonds. The van der Waals surface area contributed by atoms with Gasteiger partial charge in [-0.1, -0.05) is 0 Å². The summed E-state index contributed by atoms with van der Waals surface area (Å²) in [4.78, 5) is 15.1. The molecule has 0 spiro atoms. The van der Waals surface area contributed by atoms with E-state index < -0.39 is 0 Å². The van der Waals surface area contributed by atoms with Gasteiger partial charge in [0.15, 0.2) is 11.5 Å². The van der Waals surface area contributed by atoms with E-state index >= 15 is 0 Å². The molecule has 0 aliphatic carbocycles. The van der Waals surface area contributed by atoms with Gasteiger partial charge in [-0.3, -0.25) is 4.79 Å². The van der Waals surface area contributed by atoms with Crippen molar-refractivity contribution in [3.05, 3.63) is 83.2 Å². The van der Waals surface area contributed by atoms with E-state index in [0.717, 1.165) is 16.9 Å². The highest BCUT2D eigenvalue weighted by molar-refractivity contribution is 5.94. The molecule has 4 rings (SSSR count). The van der Waals surface area contributed by atoms with Crippen molar-refractivity contribution >= 4 is 5.91 Å². The van der Waals surface area contributed by atoms with Crippen molar-refractivity contribution in [1.29, 1.82) is 0 Å². The van der Waals surface area contributed by atoms with Crippen molar-refractivity contribution in [1.82, 2.24) is 4.90 Å². The van der Waals surface area contributed by atoms with Crippen LogP contribution in [0.5, 0.6) is 23.0 Å². The minimum absolute atomic E-state index is 0.182. The molecule has 0 saturated heterocycles. The Morgan fingerprint density at radius 1 is 0.909 bits per heavy atom. The van der Waals surface area contributed by atoms with Crippen molar-refractivity contribution in [2.45, 2.75) is 12.5 Å². The third-order valence-electron chi connectivity index (χ3n) is 5.82. The maximum atomic E-state index is 13.4. The first-order valence-electron chi connectivity index (χ1n) is 10.6. The molecule has 0 radical (unpaired) electrons. The van der Waals surface area contributed by atoms with Crippen LogP contribution in [-0.2, 0) is 6.42 Å². The summed E-state index contributed by atoms with van der Waals surface area (Å²) in [5.41, 5.74) is 2.43. The molecule has 33 heavy (non-hydrogen) atoms. The van der Waals surface area contributed by atoms with Crippen LogP contribution in [0.2, 0.25) is 0 Å². The lowest BCUT2D eigenvalue weighted by atomic mass is 9.91. The standard InChI is InChI=1S/C26H26FNO5/c1-30-20-8-10-21(11-9-20)33-16-23-22-15-25(32-3)24(31-2)14-18(22)12-13-28(23)26(29)17-4-6-19(27)7-5-17/h4-11,14-15,23H,12-13,16H2,1-3H3/t23-/m1/s1. The fourth-order valence-corrected chi connectivity index (χ4v) is 4.06. The minimum Gasteiger partial charge on any atom is -0.497 e. The predicted molar refractivity (Wildman–Crippen MR) is 122 cm³/mol. The third kappa shape index (κ3) is 4.72. The Bertz CT molecular complexity index is 1110. The van der Waals surface area contributed by atoms with E-state index in [9.17, 15) is 9.18 Å². The lowest BCUT2D eigenvalue weighted by Crippen LogP contribution is -2.42. The van der Waals surface area contributed by atoms with Gasteiger partial charge < -0.3 is 23.8 Å². The maximum absolute atomic E-state index is 13.4. The van der Waals surface area contributed by atoms with E-state index in [1.807, 2.05) is 36.4 Å². The molecule has 0 fully saturated rings. The number of benzene rings is 3. The zero-order valence-electron chi connectivity index (χ0n) is 18.8. The maximum Gasteiger partial charge on any atom is 0.254 e.